The van der Waals surface area contributed by atoms with Gasteiger partial charge in [-0.15, -0.1) is 0 Å². The number of Topliss-reactive ketones (excluding diaryl/α,β-unsaturated/α-hetero) is 1. The van der Waals surface area contributed by atoms with E-state index in [9.17, 15) is 9.59 Å². The first kappa shape index (κ1) is 13.9. The van der Waals surface area contributed by atoms with Crippen LogP contribution in [0, 0.1) is 11.3 Å². The summed E-state index contributed by atoms with van der Waals surface area (Å²) in [5.74, 6) is -1.17. The molecule has 5 nitrogen and oxygen atoms in total. The molecule has 0 aromatic rings. The zero-order chi connectivity index (χ0) is 13.2. The maximum Gasteiger partial charge on any atom is 0.304 e. The van der Waals surface area contributed by atoms with Gasteiger partial charge in [0.25, 0.3) is 5.60 Å². The molecule has 0 aromatic heterocycles. The summed E-state index contributed by atoms with van der Waals surface area (Å²) in [4.78, 5) is 22.9. The van der Waals surface area contributed by atoms with E-state index in [2.05, 4.69) is 31.9 Å². The molecule has 1 rings (SSSR count). The highest BCUT2D eigenvalue weighted by Gasteiger charge is 2.46. The highest BCUT2D eigenvalue weighted by atomic mass is 79.9. The smallest absolute Gasteiger partial charge is 0.304 e. The van der Waals surface area contributed by atoms with E-state index in [4.69, 9.17) is 14.7 Å². The number of ketones is 1. The Bertz CT molecular complexity index is 489. The van der Waals surface area contributed by atoms with Crippen molar-refractivity contribution in [3.63, 3.8) is 0 Å². The maximum absolute atomic E-state index is 12.0. The van der Waals surface area contributed by atoms with Crippen molar-refractivity contribution in [2.45, 2.75) is 12.5 Å². The Balaban J connectivity index is 3.33. The molecule has 0 fully saturated rings. The van der Waals surface area contributed by atoms with Crippen molar-refractivity contribution in [2.75, 3.05) is 7.11 Å². The number of halogens is 2. The van der Waals surface area contributed by atoms with Crippen molar-refractivity contribution in [2.24, 2.45) is 0 Å². The molecule has 1 aliphatic carbocycles. The van der Waals surface area contributed by atoms with Gasteiger partial charge in [-0.25, -0.2) is 0 Å². The predicted octanol–water partition coefficient (Wildman–Crippen LogP) is 1.93. The van der Waals surface area contributed by atoms with Gasteiger partial charge in [0.1, 0.15) is 10.6 Å². The SMILES string of the molecule is COC1=C(Br)C(=O)[C@](C#N)(OC(C)=O)C=C1Br. The van der Waals surface area contributed by atoms with Crippen molar-refractivity contribution in [1.82, 2.24) is 0 Å². The molecule has 0 amide bonds. The number of carbonyl (C=O) groups is 2. The normalized spacial score (nSPS) is 23.9. The maximum atomic E-state index is 12.0. The van der Waals surface area contributed by atoms with Crippen LogP contribution in [0.4, 0.5) is 0 Å². The van der Waals surface area contributed by atoms with Crippen LogP contribution < -0.4 is 0 Å². The van der Waals surface area contributed by atoms with Gasteiger partial charge in [-0.2, -0.15) is 5.26 Å². The van der Waals surface area contributed by atoms with Gasteiger partial charge in [0.05, 0.1) is 11.6 Å². The fourth-order valence-corrected chi connectivity index (χ4v) is 2.89. The molecule has 0 heterocycles. The standard InChI is InChI=1S/C10H7Br2NO4/c1-5(14)17-10(4-13)3-6(11)8(16-2)7(12)9(10)15/h3H,1-2H3/t10-/m0/s1. The van der Waals surface area contributed by atoms with Gasteiger partial charge >= 0.3 is 5.97 Å². The highest BCUT2D eigenvalue weighted by Crippen LogP contribution is 2.37. The molecule has 90 valence electrons. The summed E-state index contributed by atoms with van der Waals surface area (Å²) in [5.41, 5.74) is -1.95. The molecule has 0 unspecified atom stereocenters. The second-order valence-electron chi connectivity index (χ2n) is 3.11. The van der Waals surface area contributed by atoms with E-state index >= 15 is 0 Å². The van der Waals surface area contributed by atoms with Crippen LogP contribution >= 0.6 is 31.9 Å². The molecular formula is C10H7Br2NO4. The highest BCUT2D eigenvalue weighted by molar-refractivity contribution is 9.12. The molecule has 0 saturated carbocycles. The fourth-order valence-electron chi connectivity index (χ4n) is 1.28. The van der Waals surface area contributed by atoms with Gasteiger partial charge < -0.3 is 9.47 Å². The Morgan fingerprint density at radius 2 is 2.12 bits per heavy atom. The van der Waals surface area contributed by atoms with Crippen LogP contribution in [0.25, 0.3) is 0 Å². The Morgan fingerprint density at radius 3 is 2.53 bits per heavy atom. The molecule has 17 heavy (non-hydrogen) atoms. The Labute approximate surface area is 114 Å². The van der Waals surface area contributed by atoms with Crippen LogP contribution in [-0.4, -0.2) is 24.5 Å². The number of allylic oxidation sites excluding steroid dienone is 1. The van der Waals surface area contributed by atoms with Crippen LogP contribution in [-0.2, 0) is 19.1 Å². The van der Waals surface area contributed by atoms with Crippen molar-refractivity contribution in [3.05, 3.63) is 20.8 Å². The molecule has 7 heteroatoms. The number of rotatable bonds is 2. The third-order valence-electron chi connectivity index (χ3n) is 1.96. The zero-order valence-corrected chi connectivity index (χ0v) is 12.1. The van der Waals surface area contributed by atoms with Crippen LogP contribution in [0.3, 0.4) is 0 Å². The first-order valence-corrected chi connectivity index (χ1v) is 5.94. The Morgan fingerprint density at radius 1 is 1.53 bits per heavy atom. The lowest BCUT2D eigenvalue weighted by atomic mass is 9.94. The van der Waals surface area contributed by atoms with Gasteiger partial charge in [0.2, 0.25) is 5.78 Å². The molecule has 0 spiro atoms. The van der Waals surface area contributed by atoms with E-state index in [0.717, 1.165) is 6.92 Å². The number of carbonyl (C=O) groups excluding carboxylic acids is 2. The predicted molar refractivity (Wildman–Crippen MR) is 65.1 cm³/mol. The fraction of sp³-hybridized carbons (Fsp3) is 0.300. The minimum atomic E-state index is -1.95. The van der Waals surface area contributed by atoms with Gasteiger partial charge in [-0.05, 0) is 37.9 Å². The minimum absolute atomic E-state index is 0.0391. The molecule has 0 aliphatic heterocycles. The second kappa shape index (κ2) is 5.02. The van der Waals surface area contributed by atoms with Gasteiger partial charge in [-0.3, -0.25) is 9.59 Å². The van der Waals surface area contributed by atoms with Crippen molar-refractivity contribution in [3.8, 4) is 6.07 Å². The molecule has 0 radical (unpaired) electrons. The van der Waals surface area contributed by atoms with Crippen LogP contribution in [0.1, 0.15) is 6.92 Å². The Kier molecular flexibility index (Phi) is 4.11. The third-order valence-corrected chi connectivity index (χ3v) is 3.27. The summed E-state index contributed by atoms with van der Waals surface area (Å²) < 4.78 is 10.2. The van der Waals surface area contributed by atoms with E-state index in [-0.39, 0.29) is 10.2 Å². The van der Waals surface area contributed by atoms with E-state index in [1.54, 1.807) is 6.07 Å². The molecule has 0 bridgehead atoms. The quantitative estimate of drug-likeness (QED) is 0.699. The number of nitriles is 1. The van der Waals surface area contributed by atoms with Gasteiger partial charge in [0, 0.05) is 6.92 Å². The number of hydrogen-bond donors (Lipinski definition) is 0. The zero-order valence-electron chi connectivity index (χ0n) is 8.91. The summed E-state index contributed by atoms with van der Waals surface area (Å²) in [7, 11) is 1.38. The minimum Gasteiger partial charge on any atom is -0.494 e. The van der Waals surface area contributed by atoms with Crippen LogP contribution in [0.5, 0.6) is 0 Å². The molecule has 0 saturated heterocycles. The van der Waals surface area contributed by atoms with Crippen LogP contribution in [0.2, 0.25) is 0 Å². The lowest BCUT2D eigenvalue weighted by Gasteiger charge is -2.26. The molecule has 1 atom stereocenters. The monoisotopic (exact) mass is 363 g/mol. The first-order chi connectivity index (χ1) is 7.88. The molecular weight excluding hydrogens is 358 g/mol. The summed E-state index contributed by atoms with van der Waals surface area (Å²) >= 11 is 6.16. The van der Waals surface area contributed by atoms with Crippen molar-refractivity contribution in [1.29, 1.82) is 5.26 Å². The molecule has 0 aromatic carbocycles. The van der Waals surface area contributed by atoms with E-state index in [1.807, 2.05) is 0 Å². The van der Waals surface area contributed by atoms with E-state index in [0.29, 0.717) is 4.48 Å². The third kappa shape index (κ3) is 2.42. The van der Waals surface area contributed by atoms with Gasteiger partial charge in [0.15, 0.2) is 5.76 Å². The average Bonchev–Trinajstić information content (AvgIpc) is 2.25. The van der Waals surface area contributed by atoms with Crippen molar-refractivity contribution >= 4 is 43.6 Å². The Hall–Kier alpha value is -1.13. The number of ether oxygens (including phenoxy) is 2. The summed E-state index contributed by atoms with van der Waals surface area (Å²) in [6, 6.07) is 1.69. The van der Waals surface area contributed by atoms with E-state index in [1.165, 1.54) is 13.2 Å². The second-order valence-corrected chi connectivity index (χ2v) is 4.76. The average molecular weight is 365 g/mol. The van der Waals surface area contributed by atoms with Crippen LogP contribution in [0.15, 0.2) is 20.8 Å². The van der Waals surface area contributed by atoms with Crippen molar-refractivity contribution < 1.29 is 19.1 Å². The summed E-state index contributed by atoms with van der Waals surface area (Å²) in [6.45, 7) is 1.12. The summed E-state index contributed by atoms with van der Waals surface area (Å²) in [5, 5.41) is 9.06. The topological polar surface area (TPSA) is 76.4 Å². The first-order valence-electron chi connectivity index (χ1n) is 4.36. The number of hydrogen-bond acceptors (Lipinski definition) is 5. The lowest BCUT2D eigenvalue weighted by Crippen LogP contribution is -2.42. The lowest BCUT2D eigenvalue weighted by molar-refractivity contribution is -0.154. The number of methoxy groups -OCH3 is 1. The summed E-state index contributed by atoms with van der Waals surface area (Å²) in [6.07, 6.45) is 1.19. The van der Waals surface area contributed by atoms with Gasteiger partial charge in [-0.1, -0.05) is 0 Å². The molecule has 1 aliphatic rings. The molecule has 0 N–H and O–H groups in total. The largest absolute Gasteiger partial charge is 0.494 e. The van der Waals surface area contributed by atoms with E-state index < -0.39 is 17.4 Å². The number of nitrogens with zero attached hydrogens (tertiary/aromatic N) is 1. The number of esters is 1.